The van der Waals surface area contributed by atoms with Crippen molar-refractivity contribution in [2.75, 3.05) is 5.32 Å². The first kappa shape index (κ1) is 11.6. The van der Waals surface area contributed by atoms with Crippen LogP contribution >= 0.6 is 27.3 Å². The fourth-order valence-corrected chi connectivity index (χ4v) is 2.74. The second-order valence-electron chi connectivity index (χ2n) is 3.68. The highest BCUT2D eigenvalue weighted by Crippen LogP contribution is 2.27. The van der Waals surface area contributed by atoms with Crippen LogP contribution in [-0.2, 0) is 0 Å². The van der Waals surface area contributed by atoms with Gasteiger partial charge < -0.3 is 5.32 Å². The van der Waals surface area contributed by atoms with E-state index < -0.39 is 0 Å². The van der Waals surface area contributed by atoms with E-state index in [2.05, 4.69) is 52.2 Å². The van der Waals surface area contributed by atoms with Gasteiger partial charge in [0.05, 0.1) is 16.0 Å². The number of aromatic nitrogens is 1. The van der Waals surface area contributed by atoms with E-state index in [0.717, 1.165) is 8.79 Å². The Labute approximate surface area is 108 Å². The minimum atomic E-state index is 0.234. The summed E-state index contributed by atoms with van der Waals surface area (Å²) >= 11 is 5.09. The van der Waals surface area contributed by atoms with Crippen LogP contribution < -0.4 is 5.32 Å². The van der Waals surface area contributed by atoms with Crippen LogP contribution in [0.5, 0.6) is 0 Å². The maximum Gasteiger partial charge on any atom is 0.116 e. The number of thiazole rings is 1. The number of rotatable bonds is 3. The molecule has 2 aromatic rings. The van der Waals surface area contributed by atoms with Gasteiger partial charge in [-0.1, -0.05) is 18.2 Å². The number of para-hydroxylation sites is 1. The molecule has 0 saturated carbocycles. The van der Waals surface area contributed by atoms with E-state index in [-0.39, 0.29) is 6.04 Å². The molecule has 0 aliphatic carbocycles. The molecule has 4 heteroatoms. The Bertz CT molecular complexity index is 481. The van der Waals surface area contributed by atoms with Gasteiger partial charge in [-0.05, 0) is 41.4 Å². The Morgan fingerprint density at radius 2 is 2.12 bits per heavy atom. The number of halogens is 1. The summed E-state index contributed by atoms with van der Waals surface area (Å²) < 4.78 is 1.07. The van der Waals surface area contributed by atoms with Crippen molar-refractivity contribution in [2.45, 2.75) is 19.9 Å². The van der Waals surface area contributed by atoms with Gasteiger partial charge in [-0.25, -0.2) is 4.98 Å². The highest BCUT2D eigenvalue weighted by molar-refractivity contribution is 9.11. The molecule has 0 radical (unpaired) electrons. The van der Waals surface area contributed by atoms with E-state index >= 15 is 0 Å². The van der Waals surface area contributed by atoms with Crippen LogP contribution in [0.2, 0.25) is 0 Å². The summed E-state index contributed by atoms with van der Waals surface area (Å²) in [5.74, 6) is 0. The van der Waals surface area contributed by atoms with E-state index in [4.69, 9.17) is 0 Å². The average molecular weight is 297 g/mol. The van der Waals surface area contributed by atoms with Gasteiger partial charge in [0.25, 0.3) is 0 Å². The molecule has 1 aromatic heterocycles. The first-order valence-electron chi connectivity index (χ1n) is 5.10. The Balaban J connectivity index is 2.13. The maximum absolute atomic E-state index is 4.35. The lowest BCUT2D eigenvalue weighted by Gasteiger charge is -2.14. The van der Waals surface area contributed by atoms with E-state index in [0.29, 0.717) is 0 Å². The molecule has 1 atom stereocenters. The fraction of sp³-hybridized carbons (Fsp3) is 0.250. The van der Waals surface area contributed by atoms with E-state index in [1.807, 2.05) is 18.3 Å². The second kappa shape index (κ2) is 4.97. The van der Waals surface area contributed by atoms with Gasteiger partial charge in [0, 0.05) is 5.69 Å². The van der Waals surface area contributed by atoms with Gasteiger partial charge in [0.1, 0.15) is 5.01 Å². The topological polar surface area (TPSA) is 24.9 Å². The van der Waals surface area contributed by atoms with Crippen LogP contribution in [0, 0.1) is 6.92 Å². The zero-order valence-corrected chi connectivity index (χ0v) is 11.6. The molecule has 2 nitrogen and oxygen atoms in total. The Morgan fingerprint density at radius 1 is 1.38 bits per heavy atom. The molecule has 0 amide bonds. The van der Waals surface area contributed by atoms with Crippen molar-refractivity contribution in [1.29, 1.82) is 0 Å². The highest BCUT2D eigenvalue weighted by atomic mass is 79.9. The third-order valence-corrected chi connectivity index (χ3v) is 4.04. The molecule has 0 bridgehead atoms. The molecular weight excluding hydrogens is 284 g/mol. The smallest absolute Gasteiger partial charge is 0.116 e. The van der Waals surface area contributed by atoms with Crippen molar-refractivity contribution < 1.29 is 0 Å². The lowest BCUT2D eigenvalue weighted by atomic mass is 10.2. The standard InChI is InChI=1S/C12H13BrN2S/c1-8-5-3-4-6-10(8)15-9(2)12-14-7-11(13)16-12/h3-7,9,15H,1-2H3. The van der Waals surface area contributed by atoms with Gasteiger partial charge in [-0.15, -0.1) is 11.3 Å². The van der Waals surface area contributed by atoms with E-state index in [1.54, 1.807) is 11.3 Å². The quantitative estimate of drug-likeness (QED) is 0.909. The van der Waals surface area contributed by atoms with Crippen molar-refractivity contribution in [3.63, 3.8) is 0 Å². The predicted octanol–water partition coefficient (Wildman–Crippen LogP) is 4.39. The number of hydrogen-bond donors (Lipinski definition) is 1. The van der Waals surface area contributed by atoms with Crippen molar-refractivity contribution in [3.05, 3.63) is 44.8 Å². The van der Waals surface area contributed by atoms with Gasteiger partial charge in [0.2, 0.25) is 0 Å². The molecule has 0 aliphatic rings. The molecule has 1 heterocycles. The third kappa shape index (κ3) is 2.62. The van der Waals surface area contributed by atoms with Crippen LogP contribution in [0.25, 0.3) is 0 Å². The first-order valence-corrected chi connectivity index (χ1v) is 6.71. The summed E-state index contributed by atoms with van der Waals surface area (Å²) in [6, 6.07) is 8.52. The van der Waals surface area contributed by atoms with Crippen LogP contribution in [0.4, 0.5) is 5.69 Å². The maximum atomic E-state index is 4.35. The highest BCUT2D eigenvalue weighted by Gasteiger charge is 2.10. The number of anilines is 1. The molecule has 0 spiro atoms. The molecule has 0 saturated heterocycles. The zero-order chi connectivity index (χ0) is 11.5. The summed E-state index contributed by atoms with van der Waals surface area (Å²) in [6.45, 7) is 4.23. The van der Waals surface area contributed by atoms with Crippen LogP contribution in [-0.4, -0.2) is 4.98 Å². The van der Waals surface area contributed by atoms with Crippen molar-refractivity contribution in [1.82, 2.24) is 4.98 Å². The van der Waals surface area contributed by atoms with Gasteiger partial charge in [0.15, 0.2) is 0 Å². The van der Waals surface area contributed by atoms with Gasteiger partial charge in [-0.3, -0.25) is 0 Å². The molecular formula is C12H13BrN2S. The minimum absolute atomic E-state index is 0.234. The molecule has 2 rings (SSSR count). The summed E-state index contributed by atoms with van der Waals surface area (Å²) in [5.41, 5.74) is 2.42. The third-order valence-electron chi connectivity index (χ3n) is 2.38. The summed E-state index contributed by atoms with van der Waals surface area (Å²) in [6.07, 6.45) is 1.84. The van der Waals surface area contributed by atoms with Crippen molar-refractivity contribution in [2.24, 2.45) is 0 Å². The van der Waals surface area contributed by atoms with Crippen LogP contribution in [0.1, 0.15) is 23.5 Å². The number of nitrogens with one attached hydrogen (secondary N) is 1. The van der Waals surface area contributed by atoms with Gasteiger partial charge >= 0.3 is 0 Å². The number of hydrogen-bond acceptors (Lipinski definition) is 3. The molecule has 84 valence electrons. The summed E-state index contributed by atoms with van der Waals surface area (Å²) in [7, 11) is 0. The number of benzene rings is 1. The Hall–Kier alpha value is -0.870. The van der Waals surface area contributed by atoms with Crippen molar-refractivity contribution in [3.8, 4) is 0 Å². The molecule has 1 aromatic carbocycles. The molecule has 16 heavy (non-hydrogen) atoms. The zero-order valence-electron chi connectivity index (χ0n) is 9.20. The normalized spacial score (nSPS) is 12.4. The summed E-state index contributed by atoms with van der Waals surface area (Å²) in [4.78, 5) is 4.35. The first-order chi connectivity index (χ1) is 7.66. The second-order valence-corrected chi connectivity index (χ2v) is 6.13. The van der Waals surface area contributed by atoms with Crippen LogP contribution in [0.15, 0.2) is 34.2 Å². The van der Waals surface area contributed by atoms with Crippen molar-refractivity contribution >= 4 is 33.0 Å². The van der Waals surface area contributed by atoms with Gasteiger partial charge in [-0.2, -0.15) is 0 Å². The Kier molecular flexibility index (Phi) is 3.61. The molecule has 1 unspecified atom stereocenters. The lowest BCUT2D eigenvalue weighted by molar-refractivity contribution is 0.868. The van der Waals surface area contributed by atoms with E-state index in [9.17, 15) is 0 Å². The predicted molar refractivity (Wildman–Crippen MR) is 73.0 cm³/mol. The summed E-state index contributed by atoms with van der Waals surface area (Å²) in [5, 5.41) is 4.56. The Morgan fingerprint density at radius 3 is 2.75 bits per heavy atom. The molecule has 0 fully saturated rings. The molecule has 1 N–H and O–H groups in total. The number of aryl methyl sites for hydroxylation is 1. The number of nitrogens with zero attached hydrogens (tertiary/aromatic N) is 1. The average Bonchev–Trinajstić information content (AvgIpc) is 2.68. The SMILES string of the molecule is Cc1ccccc1NC(C)c1ncc(Br)s1. The van der Waals surface area contributed by atoms with E-state index in [1.165, 1.54) is 11.3 Å². The largest absolute Gasteiger partial charge is 0.376 e. The lowest BCUT2D eigenvalue weighted by Crippen LogP contribution is -2.06. The molecule has 0 aliphatic heterocycles. The fourth-order valence-electron chi connectivity index (χ4n) is 1.50. The minimum Gasteiger partial charge on any atom is -0.376 e. The van der Waals surface area contributed by atoms with Crippen LogP contribution in [0.3, 0.4) is 0 Å². The monoisotopic (exact) mass is 296 g/mol.